The van der Waals surface area contributed by atoms with Crippen molar-refractivity contribution in [1.82, 2.24) is 9.88 Å². The highest BCUT2D eigenvalue weighted by Gasteiger charge is 2.21. The number of ether oxygens (including phenoxy) is 2. The van der Waals surface area contributed by atoms with Crippen molar-refractivity contribution in [1.29, 1.82) is 5.26 Å². The maximum Gasteiger partial charge on any atom is 0.248 e. The third-order valence-electron chi connectivity index (χ3n) is 6.91. The number of aromatic nitrogens is 1. The first-order valence-electron chi connectivity index (χ1n) is 13.3. The molecule has 8 heteroatoms. The van der Waals surface area contributed by atoms with Crippen molar-refractivity contribution in [2.24, 2.45) is 0 Å². The summed E-state index contributed by atoms with van der Waals surface area (Å²) in [5.41, 5.74) is 3.52. The molecule has 2 aliphatic heterocycles. The van der Waals surface area contributed by atoms with E-state index < -0.39 is 0 Å². The molecular formula is C31H31N5O3. The van der Waals surface area contributed by atoms with Crippen LogP contribution < -0.4 is 15.4 Å². The van der Waals surface area contributed by atoms with Crippen LogP contribution in [-0.2, 0) is 9.53 Å². The molecule has 3 aromatic rings. The van der Waals surface area contributed by atoms with Crippen LogP contribution in [0.1, 0.15) is 36.8 Å². The number of benzene rings is 2. The zero-order chi connectivity index (χ0) is 27.0. The molecule has 8 nitrogen and oxygen atoms in total. The lowest BCUT2D eigenvalue weighted by atomic mass is 10.1. The molecule has 1 aromatic heterocycles. The zero-order valence-electron chi connectivity index (χ0n) is 21.8. The van der Waals surface area contributed by atoms with Gasteiger partial charge >= 0.3 is 0 Å². The number of nitrogens with zero attached hydrogens (tertiary/aromatic N) is 3. The molecule has 1 amide bonds. The number of nitrogens with one attached hydrogen (secondary N) is 2. The van der Waals surface area contributed by atoms with Gasteiger partial charge in [-0.05, 0) is 50.2 Å². The van der Waals surface area contributed by atoms with Gasteiger partial charge in [0.25, 0.3) is 0 Å². The van der Waals surface area contributed by atoms with E-state index in [1.807, 2.05) is 30.3 Å². The highest BCUT2D eigenvalue weighted by molar-refractivity contribution is 6.04. The maximum absolute atomic E-state index is 13.0. The average Bonchev–Trinajstić information content (AvgIpc) is 3.47. The van der Waals surface area contributed by atoms with Gasteiger partial charge in [0.2, 0.25) is 5.91 Å². The van der Waals surface area contributed by atoms with Gasteiger partial charge in [0.15, 0.2) is 0 Å². The van der Waals surface area contributed by atoms with E-state index in [9.17, 15) is 10.1 Å². The van der Waals surface area contributed by atoms with Crippen molar-refractivity contribution in [2.45, 2.75) is 31.8 Å². The second-order valence-corrected chi connectivity index (χ2v) is 9.73. The standard InChI is InChI=1S/C31H31N5O3/c1-2-22-8-6-9-24(16-22)34-31-23(19-32)20-33-27-18-29(39-25-11-15-38-21-25)28(17-26(27)31)35-30(37)10-7-14-36-12-4-3-5-13-36/h1,6-10,16-18,20,25H,3-5,11-15,21H2,(H,33,34)(H,35,37)/b10-7+/t25-/m0/s1. The predicted octanol–water partition coefficient (Wildman–Crippen LogP) is 4.98. The summed E-state index contributed by atoms with van der Waals surface area (Å²) in [6.07, 6.45) is 14.9. The summed E-state index contributed by atoms with van der Waals surface area (Å²) < 4.78 is 11.7. The van der Waals surface area contributed by atoms with E-state index >= 15 is 0 Å². The Balaban J connectivity index is 1.47. The normalized spacial score (nSPS) is 17.5. The molecule has 39 heavy (non-hydrogen) atoms. The number of piperidine rings is 1. The number of nitriles is 1. The van der Waals surface area contributed by atoms with Gasteiger partial charge in [0, 0.05) is 47.9 Å². The van der Waals surface area contributed by atoms with Crippen LogP contribution in [0, 0.1) is 23.7 Å². The Morgan fingerprint density at radius 3 is 2.90 bits per heavy atom. The Hall–Kier alpha value is -4.37. The Bertz CT molecular complexity index is 1460. The largest absolute Gasteiger partial charge is 0.486 e. The molecule has 1 atom stereocenters. The van der Waals surface area contributed by atoms with Crippen molar-refractivity contribution in [3.8, 4) is 24.2 Å². The van der Waals surface area contributed by atoms with E-state index in [2.05, 4.69) is 32.5 Å². The molecule has 0 radical (unpaired) electrons. The fraction of sp³-hybridized carbons (Fsp3) is 0.323. The van der Waals surface area contributed by atoms with E-state index in [4.69, 9.17) is 15.9 Å². The number of amides is 1. The molecular weight excluding hydrogens is 490 g/mol. The molecule has 2 saturated heterocycles. The highest BCUT2D eigenvalue weighted by atomic mass is 16.5. The SMILES string of the molecule is C#Cc1cccc(Nc2c(C#N)cnc3cc(O[C@H]4CCOC4)c(NC(=O)/C=C/CN4CCCCC4)cc23)c1. The number of hydrogen-bond donors (Lipinski definition) is 2. The van der Waals surface area contributed by atoms with Gasteiger partial charge in [-0.3, -0.25) is 14.7 Å². The lowest BCUT2D eigenvalue weighted by Gasteiger charge is -2.24. The molecule has 5 rings (SSSR count). The first-order valence-corrected chi connectivity index (χ1v) is 13.3. The molecule has 2 aromatic carbocycles. The van der Waals surface area contributed by atoms with Crippen LogP contribution in [0.4, 0.5) is 17.1 Å². The van der Waals surface area contributed by atoms with Crippen molar-refractivity contribution in [3.63, 3.8) is 0 Å². The monoisotopic (exact) mass is 521 g/mol. The molecule has 0 spiro atoms. The summed E-state index contributed by atoms with van der Waals surface area (Å²) >= 11 is 0. The number of likely N-dealkylation sites (tertiary alicyclic amines) is 1. The second-order valence-electron chi connectivity index (χ2n) is 9.73. The maximum atomic E-state index is 13.0. The summed E-state index contributed by atoms with van der Waals surface area (Å²) in [5, 5.41) is 16.8. The summed E-state index contributed by atoms with van der Waals surface area (Å²) in [5.74, 6) is 2.89. The first-order chi connectivity index (χ1) is 19.1. The van der Waals surface area contributed by atoms with Crippen molar-refractivity contribution >= 4 is 33.9 Å². The fourth-order valence-electron chi connectivity index (χ4n) is 4.88. The number of anilines is 3. The van der Waals surface area contributed by atoms with E-state index in [1.165, 1.54) is 25.5 Å². The quantitative estimate of drug-likeness (QED) is 0.319. The molecule has 0 aliphatic carbocycles. The van der Waals surface area contributed by atoms with Crippen LogP contribution >= 0.6 is 0 Å². The number of hydrogen-bond acceptors (Lipinski definition) is 7. The van der Waals surface area contributed by atoms with E-state index in [0.29, 0.717) is 46.8 Å². The minimum atomic E-state index is -0.250. The zero-order valence-corrected chi connectivity index (χ0v) is 21.8. The molecule has 2 fully saturated rings. The third-order valence-corrected chi connectivity index (χ3v) is 6.91. The Morgan fingerprint density at radius 1 is 1.26 bits per heavy atom. The van der Waals surface area contributed by atoms with Gasteiger partial charge < -0.3 is 20.1 Å². The minimum Gasteiger partial charge on any atom is -0.486 e. The van der Waals surface area contributed by atoms with Crippen molar-refractivity contribution in [2.75, 3.05) is 43.5 Å². The summed E-state index contributed by atoms with van der Waals surface area (Å²) in [6.45, 7) is 3.99. The number of terminal acetylenes is 1. The molecule has 0 unspecified atom stereocenters. The van der Waals surface area contributed by atoms with Crippen LogP contribution in [0.2, 0.25) is 0 Å². The first kappa shape index (κ1) is 26.2. The Kier molecular flexibility index (Phi) is 8.38. The number of pyridine rings is 1. The second kappa shape index (κ2) is 12.4. The van der Waals surface area contributed by atoms with Gasteiger partial charge in [0.05, 0.1) is 35.7 Å². The Labute approximate surface area is 228 Å². The van der Waals surface area contributed by atoms with Crippen LogP contribution in [0.15, 0.2) is 54.7 Å². The summed E-state index contributed by atoms with van der Waals surface area (Å²) in [7, 11) is 0. The van der Waals surface area contributed by atoms with Gasteiger partial charge in [-0.2, -0.15) is 5.26 Å². The molecule has 2 aliphatic rings. The number of carbonyl (C=O) groups is 1. The van der Waals surface area contributed by atoms with Gasteiger partial charge in [-0.1, -0.05) is 24.5 Å². The van der Waals surface area contributed by atoms with Crippen LogP contribution in [0.5, 0.6) is 5.75 Å². The van der Waals surface area contributed by atoms with Crippen molar-refractivity contribution in [3.05, 3.63) is 65.9 Å². The highest BCUT2D eigenvalue weighted by Crippen LogP contribution is 2.37. The van der Waals surface area contributed by atoms with Crippen LogP contribution in [-0.4, -0.2) is 54.7 Å². The molecule has 198 valence electrons. The van der Waals surface area contributed by atoms with E-state index in [-0.39, 0.29) is 12.0 Å². The summed E-state index contributed by atoms with van der Waals surface area (Å²) in [6, 6.07) is 13.2. The van der Waals surface area contributed by atoms with Gasteiger partial charge in [0.1, 0.15) is 17.9 Å². The van der Waals surface area contributed by atoms with Crippen LogP contribution in [0.3, 0.4) is 0 Å². The number of rotatable bonds is 8. The molecule has 2 N–H and O–H groups in total. The summed E-state index contributed by atoms with van der Waals surface area (Å²) in [4.78, 5) is 19.8. The smallest absolute Gasteiger partial charge is 0.248 e. The topological polar surface area (TPSA) is 99.5 Å². The lowest BCUT2D eigenvalue weighted by molar-refractivity contribution is -0.111. The third kappa shape index (κ3) is 6.56. The minimum absolute atomic E-state index is 0.116. The van der Waals surface area contributed by atoms with Gasteiger partial charge in [-0.15, -0.1) is 6.42 Å². The fourth-order valence-corrected chi connectivity index (χ4v) is 4.88. The average molecular weight is 522 g/mol. The molecule has 3 heterocycles. The molecule has 0 bridgehead atoms. The van der Waals surface area contributed by atoms with E-state index in [0.717, 1.165) is 37.3 Å². The molecule has 0 saturated carbocycles. The number of fused-ring (bicyclic) bond motifs is 1. The predicted molar refractivity (Wildman–Crippen MR) is 152 cm³/mol. The lowest BCUT2D eigenvalue weighted by Crippen LogP contribution is -2.29. The Morgan fingerprint density at radius 2 is 2.13 bits per heavy atom. The van der Waals surface area contributed by atoms with E-state index in [1.54, 1.807) is 18.2 Å². The van der Waals surface area contributed by atoms with Crippen LogP contribution in [0.25, 0.3) is 10.9 Å². The van der Waals surface area contributed by atoms with Gasteiger partial charge in [-0.25, -0.2) is 0 Å². The number of carbonyl (C=O) groups excluding carboxylic acids is 1. The van der Waals surface area contributed by atoms with Crippen molar-refractivity contribution < 1.29 is 14.3 Å².